The first-order valence-corrected chi connectivity index (χ1v) is 11.2. The lowest BCUT2D eigenvalue weighted by atomic mass is 10.2. The monoisotopic (exact) mass is 465 g/mol. The van der Waals surface area contributed by atoms with Gasteiger partial charge in [-0.1, -0.05) is 18.2 Å². The summed E-state index contributed by atoms with van der Waals surface area (Å²) in [6.07, 6.45) is 0.557. The summed E-state index contributed by atoms with van der Waals surface area (Å²) in [5.41, 5.74) is 0.00722. The molecule has 33 heavy (non-hydrogen) atoms. The number of benzene rings is 2. The molecule has 0 spiro atoms. The van der Waals surface area contributed by atoms with E-state index < -0.39 is 11.6 Å². The largest absolute Gasteiger partial charge is 0.497 e. The fourth-order valence-electron chi connectivity index (χ4n) is 3.62. The van der Waals surface area contributed by atoms with Crippen molar-refractivity contribution in [3.8, 4) is 11.5 Å². The fraction of sp³-hybridized carbons (Fsp3) is 0.208. The molecule has 4 rings (SSSR count). The van der Waals surface area contributed by atoms with E-state index in [-0.39, 0.29) is 18.6 Å². The van der Waals surface area contributed by atoms with Crippen LogP contribution in [0.25, 0.3) is 10.9 Å². The van der Waals surface area contributed by atoms with E-state index in [2.05, 4.69) is 5.32 Å². The fourth-order valence-corrected chi connectivity index (χ4v) is 4.32. The number of nitrogens with one attached hydrogen (secondary N) is 1. The van der Waals surface area contributed by atoms with Gasteiger partial charge in [0.05, 0.1) is 25.1 Å². The van der Waals surface area contributed by atoms with Crippen molar-refractivity contribution < 1.29 is 14.3 Å². The number of fused-ring (bicyclic) bond motifs is 1. The second kappa shape index (κ2) is 9.74. The second-order valence-electron chi connectivity index (χ2n) is 7.32. The first-order chi connectivity index (χ1) is 16.0. The van der Waals surface area contributed by atoms with Crippen LogP contribution in [0.15, 0.2) is 69.6 Å². The molecule has 0 atom stereocenters. The lowest BCUT2D eigenvalue weighted by Crippen LogP contribution is -2.42. The summed E-state index contributed by atoms with van der Waals surface area (Å²) >= 11 is 1.57. The van der Waals surface area contributed by atoms with E-state index in [4.69, 9.17) is 9.47 Å². The molecule has 4 aromatic rings. The molecule has 1 N–H and O–H groups in total. The first kappa shape index (κ1) is 22.3. The van der Waals surface area contributed by atoms with Crippen LogP contribution in [0.5, 0.6) is 11.5 Å². The van der Waals surface area contributed by atoms with E-state index in [0.717, 1.165) is 4.88 Å². The molecule has 0 radical (unpaired) electrons. The van der Waals surface area contributed by atoms with Gasteiger partial charge in [-0.15, -0.1) is 11.3 Å². The molecule has 9 heteroatoms. The van der Waals surface area contributed by atoms with Crippen LogP contribution in [-0.4, -0.2) is 29.3 Å². The van der Waals surface area contributed by atoms with E-state index in [1.54, 1.807) is 53.8 Å². The van der Waals surface area contributed by atoms with Crippen LogP contribution in [0.1, 0.15) is 4.88 Å². The van der Waals surface area contributed by atoms with E-state index in [0.29, 0.717) is 34.5 Å². The van der Waals surface area contributed by atoms with Gasteiger partial charge in [-0.2, -0.15) is 0 Å². The molecule has 0 aliphatic rings. The standard InChI is InChI=1S/C24H23N3O5S/c1-31-17-12-16(13-18(14-17)32-2)25-22(28)15-27-21-8-4-3-7-20(21)23(29)26(24(27)30)10-9-19-6-5-11-33-19/h3-8,11-14H,9-10,15H2,1-2H3,(H,25,28). The van der Waals surface area contributed by atoms with E-state index >= 15 is 0 Å². The normalized spacial score (nSPS) is 10.8. The van der Waals surface area contributed by atoms with Crippen LogP contribution in [0.4, 0.5) is 5.69 Å². The summed E-state index contributed by atoms with van der Waals surface area (Å²) in [6, 6.07) is 15.7. The SMILES string of the molecule is COc1cc(NC(=O)Cn2c(=O)n(CCc3cccs3)c(=O)c3ccccc32)cc(OC)c1. The number of ether oxygens (including phenoxy) is 2. The highest BCUT2D eigenvalue weighted by molar-refractivity contribution is 7.09. The third-order valence-electron chi connectivity index (χ3n) is 5.23. The van der Waals surface area contributed by atoms with Crippen LogP contribution >= 0.6 is 11.3 Å². The zero-order valence-corrected chi connectivity index (χ0v) is 19.1. The first-order valence-electron chi connectivity index (χ1n) is 10.3. The number of methoxy groups -OCH3 is 2. The number of para-hydroxylation sites is 1. The Morgan fingerprint density at radius 1 is 0.970 bits per heavy atom. The van der Waals surface area contributed by atoms with Gasteiger partial charge in [0.25, 0.3) is 5.56 Å². The quantitative estimate of drug-likeness (QED) is 0.432. The van der Waals surface area contributed by atoms with Crippen LogP contribution in [0.2, 0.25) is 0 Å². The average molecular weight is 466 g/mol. The highest BCUT2D eigenvalue weighted by Crippen LogP contribution is 2.25. The second-order valence-corrected chi connectivity index (χ2v) is 8.35. The number of nitrogens with zero attached hydrogens (tertiary/aromatic N) is 2. The Morgan fingerprint density at radius 2 is 1.70 bits per heavy atom. The van der Waals surface area contributed by atoms with E-state index in [1.807, 2.05) is 17.5 Å². The topological polar surface area (TPSA) is 91.6 Å². The van der Waals surface area contributed by atoms with Gasteiger partial charge < -0.3 is 14.8 Å². The van der Waals surface area contributed by atoms with Gasteiger partial charge in [-0.3, -0.25) is 18.7 Å². The molecular formula is C24H23N3O5S. The number of thiophene rings is 1. The molecule has 8 nitrogen and oxygen atoms in total. The molecule has 0 bridgehead atoms. The average Bonchev–Trinajstić information content (AvgIpc) is 3.35. The van der Waals surface area contributed by atoms with Gasteiger partial charge in [0.2, 0.25) is 5.91 Å². The molecule has 0 fully saturated rings. The highest BCUT2D eigenvalue weighted by Gasteiger charge is 2.16. The van der Waals surface area contributed by atoms with Crippen molar-refractivity contribution in [3.05, 3.63) is 85.7 Å². The maximum atomic E-state index is 13.3. The van der Waals surface area contributed by atoms with Gasteiger partial charge in [0.15, 0.2) is 0 Å². The summed E-state index contributed by atoms with van der Waals surface area (Å²) in [5, 5.41) is 5.12. The third-order valence-corrected chi connectivity index (χ3v) is 6.17. The van der Waals surface area contributed by atoms with Crippen LogP contribution in [0, 0.1) is 0 Å². The van der Waals surface area contributed by atoms with Crippen molar-refractivity contribution in [3.63, 3.8) is 0 Å². The Labute approximate surface area is 193 Å². The molecule has 0 aliphatic carbocycles. The molecule has 0 saturated heterocycles. The predicted molar refractivity (Wildman–Crippen MR) is 129 cm³/mol. The Bertz CT molecular complexity index is 1380. The lowest BCUT2D eigenvalue weighted by Gasteiger charge is -2.14. The minimum atomic E-state index is -0.520. The summed E-state index contributed by atoms with van der Waals surface area (Å²) in [6.45, 7) is -0.0180. The van der Waals surface area contributed by atoms with E-state index in [1.165, 1.54) is 23.4 Å². The number of rotatable bonds is 8. The molecule has 2 aromatic heterocycles. The molecule has 2 aromatic carbocycles. The smallest absolute Gasteiger partial charge is 0.331 e. The molecule has 170 valence electrons. The number of carbonyl (C=O) groups excluding carboxylic acids is 1. The van der Waals surface area contributed by atoms with Crippen LogP contribution < -0.4 is 26.0 Å². The van der Waals surface area contributed by atoms with E-state index in [9.17, 15) is 14.4 Å². The number of hydrogen-bond acceptors (Lipinski definition) is 6. The minimum absolute atomic E-state index is 0.234. The van der Waals surface area contributed by atoms with Gasteiger partial charge in [-0.05, 0) is 30.0 Å². The van der Waals surface area contributed by atoms with Crippen molar-refractivity contribution in [2.24, 2.45) is 0 Å². The molecule has 2 heterocycles. The Hall–Kier alpha value is -3.85. The lowest BCUT2D eigenvalue weighted by molar-refractivity contribution is -0.116. The summed E-state index contributed by atoms with van der Waals surface area (Å²) < 4.78 is 13.0. The number of anilines is 1. The maximum Gasteiger partial charge on any atom is 0.331 e. The summed E-state index contributed by atoms with van der Waals surface area (Å²) in [5.74, 6) is 0.629. The molecule has 0 aliphatic heterocycles. The maximum absolute atomic E-state index is 13.3. The van der Waals surface area contributed by atoms with Crippen molar-refractivity contribution >= 4 is 33.8 Å². The molecule has 0 saturated carbocycles. The molecular weight excluding hydrogens is 442 g/mol. The number of aromatic nitrogens is 2. The third kappa shape index (κ3) is 4.83. The predicted octanol–water partition coefficient (Wildman–Crippen LogP) is 3.12. The Kier molecular flexibility index (Phi) is 6.60. The highest BCUT2D eigenvalue weighted by atomic mass is 32.1. The Balaban J connectivity index is 1.67. The van der Waals surface area contributed by atoms with Crippen LogP contribution in [0.3, 0.4) is 0 Å². The number of hydrogen-bond donors (Lipinski definition) is 1. The number of carbonyl (C=O) groups is 1. The number of aryl methyl sites for hydroxylation is 1. The van der Waals surface area contributed by atoms with Gasteiger partial charge in [0.1, 0.15) is 18.0 Å². The van der Waals surface area contributed by atoms with Crippen molar-refractivity contribution in [2.75, 3.05) is 19.5 Å². The Morgan fingerprint density at radius 3 is 2.36 bits per heavy atom. The van der Waals surface area contributed by atoms with Gasteiger partial charge in [0, 0.05) is 35.3 Å². The summed E-state index contributed by atoms with van der Waals surface area (Å²) in [4.78, 5) is 40.2. The van der Waals surface area contributed by atoms with Gasteiger partial charge >= 0.3 is 5.69 Å². The van der Waals surface area contributed by atoms with Crippen molar-refractivity contribution in [1.29, 1.82) is 0 Å². The van der Waals surface area contributed by atoms with Gasteiger partial charge in [-0.25, -0.2) is 4.79 Å². The minimum Gasteiger partial charge on any atom is -0.497 e. The summed E-state index contributed by atoms with van der Waals surface area (Å²) in [7, 11) is 3.04. The molecule has 0 unspecified atom stereocenters. The zero-order valence-electron chi connectivity index (χ0n) is 18.2. The van der Waals surface area contributed by atoms with Crippen LogP contribution in [-0.2, 0) is 24.3 Å². The van der Waals surface area contributed by atoms with Crippen molar-refractivity contribution in [1.82, 2.24) is 9.13 Å². The van der Waals surface area contributed by atoms with Crippen molar-refractivity contribution in [2.45, 2.75) is 19.5 Å². The zero-order chi connectivity index (χ0) is 23.4. The number of amides is 1. The molecule has 1 amide bonds.